The normalized spacial score (nSPS) is 15.5. The fourth-order valence-electron chi connectivity index (χ4n) is 4.04. The zero-order valence-corrected chi connectivity index (χ0v) is 16.4. The first-order chi connectivity index (χ1) is 11.3. The molecule has 0 atom stereocenters. The number of aryl methyl sites for hydroxylation is 6. The van der Waals surface area contributed by atoms with Gasteiger partial charge >= 0.3 is 0 Å². The minimum absolute atomic E-state index is 0.798. The van der Waals surface area contributed by atoms with E-state index in [1.807, 2.05) is 0 Å². The molecular formula is C20H26N2OP-. The van der Waals surface area contributed by atoms with Crippen LogP contribution in [0.25, 0.3) is 0 Å². The third kappa shape index (κ3) is 2.92. The fourth-order valence-corrected chi connectivity index (χ4v) is 5.80. The highest BCUT2D eigenvalue weighted by Crippen LogP contribution is 2.50. The van der Waals surface area contributed by atoms with Crippen LogP contribution >= 0.6 is 8.45 Å². The van der Waals surface area contributed by atoms with Gasteiger partial charge in [-0.05, 0) is 63.8 Å². The monoisotopic (exact) mass is 341 g/mol. The molecule has 2 aromatic rings. The number of benzene rings is 2. The van der Waals surface area contributed by atoms with Gasteiger partial charge in [0.2, 0.25) is 0 Å². The Morgan fingerprint density at radius 1 is 0.667 bits per heavy atom. The van der Waals surface area contributed by atoms with Gasteiger partial charge in [0.15, 0.2) is 0 Å². The van der Waals surface area contributed by atoms with E-state index in [1.54, 1.807) is 0 Å². The van der Waals surface area contributed by atoms with Crippen molar-refractivity contribution in [3.05, 3.63) is 57.6 Å². The van der Waals surface area contributed by atoms with Crippen molar-refractivity contribution >= 4 is 19.8 Å². The molecule has 0 amide bonds. The third-order valence-corrected chi connectivity index (χ3v) is 6.35. The molecule has 24 heavy (non-hydrogen) atoms. The first kappa shape index (κ1) is 17.3. The van der Waals surface area contributed by atoms with E-state index in [0.717, 1.165) is 24.5 Å². The summed E-state index contributed by atoms with van der Waals surface area (Å²) in [4.78, 5) is 13.3. The lowest BCUT2D eigenvalue weighted by molar-refractivity contribution is -0.159. The van der Waals surface area contributed by atoms with Gasteiger partial charge in [-0.3, -0.25) is 0 Å². The van der Waals surface area contributed by atoms with Crippen LogP contribution in [0.5, 0.6) is 0 Å². The SMILES string of the molecule is Cc1cc(C)c(N2CCN(c3c(C)cc(C)cc3C)P2[O-])c(C)c1. The lowest BCUT2D eigenvalue weighted by Gasteiger charge is -2.39. The van der Waals surface area contributed by atoms with E-state index in [1.165, 1.54) is 33.4 Å². The van der Waals surface area contributed by atoms with Gasteiger partial charge in [-0.1, -0.05) is 35.4 Å². The lowest BCUT2D eigenvalue weighted by Crippen LogP contribution is -2.24. The van der Waals surface area contributed by atoms with Gasteiger partial charge in [0.25, 0.3) is 0 Å². The molecule has 1 fully saturated rings. The third-order valence-electron chi connectivity index (χ3n) is 4.72. The lowest BCUT2D eigenvalue weighted by atomic mass is 10.0. The van der Waals surface area contributed by atoms with Gasteiger partial charge < -0.3 is 14.2 Å². The molecule has 0 unspecified atom stereocenters. The van der Waals surface area contributed by atoms with E-state index in [4.69, 9.17) is 0 Å². The second-order valence-corrected chi connectivity index (χ2v) is 8.46. The summed E-state index contributed by atoms with van der Waals surface area (Å²) in [6.07, 6.45) is 0. The highest BCUT2D eigenvalue weighted by Gasteiger charge is 2.28. The van der Waals surface area contributed by atoms with Crippen molar-refractivity contribution in [2.75, 3.05) is 22.4 Å². The zero-order chi connectivity index (χ0) is 17.6. The summed E-state index contributed by atoms with van der Waals surface area (Å²) in [6, 6.07) is 8.71. The molecule has 0 N–H and O–H groups in total. The molecule has 1 heterocycles. The second-order valence-electron chi connectivity index (χ2n) is 6.99. The molecule has 0 aliphatic carbocycles. The summed E-state index contributed by atoms with van der Waals surface area (Å²) in [5, 5.41) is 0. The molecule has 0 spiro atoms. The van der Waals surface area contributed by atoms with Crippen LogP contribution in [0.15, 0.2) is 24.3 Å². The molecule has 0 aromatic heterocycles. The van der Waals surface area contributed by atoms with E-state index in [-0.39, 0.29) is 0 Å². The maximum Gasteiger partial charge on any atom is 0.0463 e. The minimum Gasteiger partial charge on any atom is -0.796 e. The summed E-state index contributed by atoms with van der Waals surface area (Å²) in [6.45, 7) is 14.3. The van der Waals surface area contributed by atoms with E-state index in [0.29, 0.717) is 0 Å². The number of rotatable bonds is 2. The molecule has 0 radical (unpaired) electrons. The Kier molecular flexibility index (Phi) is 4.59. The van der Waals surface area contributed by atoms with Crippen molar-refractivity contribution in [3.8, 4) is 0 Å². The standard InChI is InChI=1S/C20H26N2OP/c1-13-9-15(3)19(16(4)10-13)21-7-8-22(24(21)23)20-17(5)11-14(2)12-18(20)6/h9-12H,7-8H2,1-6H3/q-1. The molecule has 128 valence electrons. The number of hydrogen-bond acceptors (Lipinski definition) is 3. The Labute approximate surface area is 146 Å². The van der Waals surface area contributed by atoms with Crippen molar-refractivity contribution < 1.29 is 4.89 Å². The second kappa shape index (κ2) is 6.38. The van der Waals surface area contributed by atoms with Crippen molar-refractivity contribution in [1.82, 2.24) is 0 Å². The van der Waals surface area contributed by atoms with Crippen molar-refractivity contribution in [2.45, 2.75) is 41.5 Å². The quantitative estimate of drug-likeness (QED) is 0.756. The molecule has 1 aliphatic heterocycles. The molecule has 1 saturated heterocycles. The maximum absolute atomic E-state index is 13.3. The summed E-state index contributed by atoms with van der Waals surface area (Å²) >= 11 is 0. The molecule has 0 saturated carbocycles. The predicted octanol–water partition coefficient (Wildman–Crippen LogP) is 4.45. The summed E-state index contributed by atoms with van der Waals surface area (Å²) in [5.41, 5.74) is 9.59. The van der Waals surface area contributed by atoms with Gasteiger partial charge in [-0.15, -0.1) is 0 Å². The van der Waals surface area contributed by atoms with Gasteiger partial charge in [-0.2, -0.15) is 0 Å². The van der Waals surface area contributed by atoms with Gasteiger partial charge in [-0.25, -0.2) is 0 Å². The molecule has 3 rings (SSSR count). The molecule has 3 nitrogen and oxygen atoms in total. The number of anilines is 2. The molecule has 4 heteroatoms. The van der Waals surface area contributed by atoms with Crippen LogP contribution in [0, 0.1) is 41.5 Å². The van der Waals surface area contributed by atoms with Crippen molar-refractivity contribution in [2.24, 2.45) is 0 Å². The van der Waals surface area contributed by atoms with Crippen LogP contribution in [0.1, 0.15) is 33.4 Å². The Hall–Kier alpha value is -1.57. The van der Waals surface area contributed by atoms with Gasteiger partial charge in [0.05, 0.1) is 0 Å². The highest BCUT2D eigenvalue weighted by atomic mass is 31.2. The largest absolute Gasteiger partial charge is 0.796 e. The molecule has 1 aliphatic rings. The zero-order valence-electron chi connectivity index (χ0n) is 15.5. The fraction of sp³-hybridized carbons (Fsp3) is 0.400. The Balaban J connectivity index is 1.99. The van der Waals surface area contributed by atoms with E-state index < -0.39 is 8.45 Å². The molecule has 2 aromatic carbocycles. The average Bonchev–Trinajstić information content (AvgIpc) is 2.79. The Morgan fingerprint density at radius 3 is 1.25 bits per heavy atom. The van der Waals surface area contributed by atoms with Gasteiger partial charge in [0.1, 0.15) is 0 Å². The van der Waals surface area contributed by atoms with E-state index >= 15 is 0 Å². The number of hydrogen-bond donors (Lipinski definition) is 0. The van der Waals surface area contributed by atoms with Crippen molar-refractivity contribution in [1.29, 1.82) is 0 Å². The van der Waals surface area contributed by atoms with Crippen LogP contribution in [-0.4, -0.2) is 13.1 Å². The summed E-state index contributed by atoms with van der Waals surface area (Å²) < 4.78 is 4.16. The Morgan fingerprint density at radius 2 is 0.958 bits per heavy atom. The highest BCUT2D eigenvalue weighted by molar-refractivity contribution is 7.54. The smallest absolute Gasteiger partial charge is 0.0463 e. The molecular weight excluding hydrogens is 315 g/mol. The first-order valence-corrected chi connectivity index (χ1v) is 9.64. The van der Waals surface area contributed by atoms with Crippen LogP contribution in [0.3, 0.4) is 0 Å². The van der Waals surface area contributed by atoms with Crippen LogP contribution in [0.2, 0.25) is 0 Å². The van der Waals surface area contributed by atoms with E-state index in [2.05, 4.69) is 75.1 Å². The topological polar surface area (TPSA) is 29.5 Å². The summed E-state index contributed by atoms with van der Waals surface area (Å²) in [5.74, 6) is 0. The summed E-state index contributed by atoms with van der Waals surface area (Å²) in [7, 11) is -1.61. The maximum atomic E-state index is 13.3. The first-order valence-electron chi connectivity index (χ1n) is 8.47. The number of nitrogens with zero attached hydrogens (tertiary/aromatic N) is 2. The average molecular weight is 341 g/mol. The van der Waals surface area contributed by atoms with Crippen LogP contribution in [0.4, 0.5) is 11.4 Å². The van der Waals surface area contributed by atoms with Crippen molar-refractivity contribution in [3.63, 3.8) is 0 Å². The van der Waals surface area contributed by atoms with Crippen LogP contribution < -0.4 is 14.2 Å². The van der Waals surface area contributed by atoms with Crippen LogP contribution in [-0.2, 0) is 0 Å². The van der Waals surface area contributed by atoms with E-state index in [9.17, 15) is 4.89 Å². The minimum atomic E-state index is -1.61. The molecule has 0 bridgehead atoms. The predicted molar refractivity (Wildman–Crippen MR) is 103 cm³/mol. The Bertz CT molecular complexity index is 676. The van der Waals surface area contributed by atoms with Gasteiger partial charge in [0, 0.05) is 32.9 Å².